The fourth-order valence-corrected chi connectivity index (χ4v) is 4.18. The van der Waals surface area contributed by atoms with Crippen LogP contribution < -0.4 is 10.6 Å². The minimum atomic E-state index is -0.199. The Morgan fingerprint density at radius 3 is 2.86 bits per heavy atom. The van der Waals surface area contributed by atoms with E-state index in [4.69, 9.17) is 4.74 Å². The molecule has 0 bridgehead atoms. The first-order valence-electron chi connectivity index (χ1n) is 7.87. The lowest BCUT2D eigenvalue weighted by Gasteiger charge is -2.61. The van der Waals surface area contributed by atoms with Crippen molar-refractivity contribution in [1.29, 1.82) is 0 Å². The Morgan fingerprint density at radius 1 is 1.45 bits per heavy atom. The summed E-state index contributed by atoms with van der Waals surface area (Å²) in [5.41, 5.74) is 0.761. The summed E-state index contributed by atoms with van der Waals surface area (Å²) in [6.45, 7) is 2.77. The van der Waals surface area contributed by atoms with E-state index in [0.29, 0.717) is 5.56 Å². The normalized spacial score (nSPS) is 25.1. The monoisotopic (exact) mass is 322 g/mol. The molecule has 1 heterocycles. The average Bonchev–Trinajstić information content (AvgIpc) is 2.96. The Kier molecular flexibility index (Phi) is 4.49. The molecule has 0 radical (unpaired) electrons. The van der Waals surface area contributed by atoms with E-state index in [1.807, 2.05) is 12.3 Å². The van der Waals surface area contributed by atoms with Crippen LogP contribution in [0.1, 0.15) is 43.0 Å². The Morgan fingerprint density at radius 2 is 2.27 bits per heavy atom. The van der Waals surface area contributed by atoms with Gasteiger partial charge in [-0.15, -0.1) is 0 Å². The number of ether oxygens (including phenoxy) is 1. The number of hydrogen-bond donors (Lipinski definition) is 2. The fraction of sp³-hybridized carbons (Fsp3) is 0.625. The van der Waals surface area contributed by atoms with E-state index >= 15 is 0 Å². The molecule has 0 aliphatic heterocycles. The lowest BCUT2D eigenvalue weighted by atomic mass is 9.51. The molecule has 3 rings (SSSR count). The van der Waals surface area contributed by atoms with Crippen LogP contribution >= 0.6 is 11.3 Å². The van der Waals surface area contributed by atoms with Crippen molar-refractivity contribution in [3.63, 3.8) is 0 Å². The lowest BCUT2D eigenvalue weighted by molar-refractivity contribution is -0.175. The number of rotatable bonds is 6. The van der Waals surface area contributed by atoms with E-state index in [9.17, 15) is 9.59 Å². The molecule has 6 heteroatoms. The zero-order chi connectivity index (χ0) is 15.6. The molecule has 2 fully saturated rings. The molecule has 5 nitrogen and oxygen atoms in total. The van der Waals surface area contributed by atoms with Gasteiger partial charge in [-0.05, 0) is 37.6 Å². The summed E-state index contributed by atoms with van der Waals surface area (Å²) in [6, 6.07) is 1.95. The van der Waals surface area contributed by atoms with E-state index in [0.717, 1.165) is 25.9 Å². The summed E-state index contributed by atoms with van der Waals surface area (Å²) in [7, 11) is 0. The second-order valence-electron chi connectivity index (χ2n) is 6.08. The Bertz CT molecular complexity index is 540. The van der Waals surface area contributed by atoms with Crippen molar-refractivity contribution in [2.45, 2.75) is 44.8 Å². The molecule has 0 saturated heterocycles. The van der Waals surface area contributed by atoms with Crippen LogP contribution in [0.25, 0.3) is 0 Å². The highest BCUT2D eigenvalue weighted by atomic mass is 32.1. The molecule has 2 unspecified atom stereocenters. The van der Waals surface area contributed by atoms with Crippen molar-refractivity contribution in [3.8, 4) is 0 Å². The number of nitrogens with one attached hydrogen (secondary N) is 2. The van der Waals surface area contributed by atoms with Crippen LogP contribution in [0, 0.1) is 5.41 Å². The minimum absolute atomic E-state index is 0.0283. The highest BCUT2D eigenvalue weighted by Gasteiger charge is 2.59. The second-order valence-corrected chi connectivity index (χ2v) is 6.86. The molecule has 2 saturated carbocycles. The van der Waals surface area contributed by atoms with Gasteiger partial charge < -0.3 is 15.4 Å². The van der Waals surface area contributed by atoms with Gasteiger partial charge in [0.15, 0.2) is 0 Å². The summed E-state index contributed by atoms with van der Waals surface area (Å²) in [5, 5.41) is 9.35. The van der Waals surface area contributed by atoms with E-state index in [2.05, 4.69) is 10.6 Å². The van der Waals surface area contributed by atoms with Crippen molar-refractivity contribution >= 4 is 23.2 Å². The quantitative estimate of drug-likeness (QED) is 0.841. The molecular weight excluding hydrogens is 300 g/mol. The van der Waals surface area contributed by atoms with Gasteiger partial charge >= 0.3 is 0 Å². The van der Waals surface area contributed by atoms with Crippen LogP contribution in [0.15, 0.2) is 16.8 Å². The third kappa shape index (κ3) is 2.77. The van der Waals surface area contributed by atoms with Gasteiger partial charge in [0.05, 0.1) is 12.6 Å². The summed E-state index contributed by atoms with van der Waals surface area (Å²) in [6.07, 6.45) is 4.65. The van der Waals surface area contributed by atoms with Crippen molar-refractivity contribution in [1.82, 2.24) is 10.6 Å². The van der Waals surface area contributed by atoms with Crippen molar-refractivity contribution in [2.75, 3.05) is 13.2 Å². The molecular formula is C16H22N2O3S. The van der Waals surface area contributed by atoms with E-state index in [1.54, 1.807) is 11.4 Å². The predicted octanol–water partition coefficient (Wildman–Crippen LogP) is 1.94. The van der Waals surface area contributed by atoms with Gasteiger partial charge in [-0.2, -0.15) is 11.3 Å². The molecule has 0 aromatic carbocycles. The number of carbonyl (C=O) groups excluding carboxylic acids is 2. The number of hydrogen-bond acceptors (Lipinski definition) is 4. The molecule has 1 aromatic rings. The molecule has 2 atom stereocenters. The van der Waals surface area contributed by atoms with Crippen LogP contribution in [0.2, 0.25) is 0 Å². The zero-order valence-electron chi connectivity index (χ0n) is 12.8. The van der Waals surface area contributed by atoms with E-state index < -0.39 is 0 Å². The number of carbonyl (C=O) groups is 2. The number of thiophene rings is 1. The molecule has 2 aliphatic carbocycles. The SMILES string of the molecule is CCOC1CC(NC(=O)CNC(=O)c2ccsc2)C12CCC2. The highest BCUT2D eigenvalue weighted by molar-refractivity contribution is 7.08. The lowest BCUT2D eigenvalue weighted by Crippen LogP contribution is -2.68. The molecule has 1 spiro atoms. The fourth-order valence-electron chi connectivity index (χ4n) is 3.54. The zero-order valence-corrected chi connectivity index (χ0v) is 13.6. The van der Waals surface area contributed by atoms with Crippen LogP contribution in [0.5, 0.6) is 0 Å². The first kappa shape index (κ1) is 15.5. The van der Waals surface area contributed by atoms with Gasteiger partial charge in [-0.3, -0.25) is 9.59 Å². The van der Waals surface area contributed by atoms with Crippen LogP contribution in [-0.4, -0.2) is 37.1 Å². The Balaban J connectivity index is 1.45. The largest absolute Gasteiger partial charge is 0.378 e. The topological polar surface area (TPSA) is 67.4 Å². The van der Waals surface area contributed by atoms with Gasteiger partial charge in [0.1, 0.15) is 0 Å². The standard InChI is InChI=1S/C16H22N2O3S/c1-2-21-13-8-12(16(13)5-3-6-16)18-14(19)9-17-15(20)11-4-7-22-10-11/h4,7,10,12-13H,2-3,5-6,8-9H2,1H3,(H,17,20)(H,18,19). The van der Waals surface area contributed by atoms with Gasteiger partial charge in [0.2, 0.25) is 5.91 Å². The van der Waals surface area contributed by atoms with Gasteiger partial charge in [-0.25, -0.2) is 0 Å². The molecule has 2 aliphatic rings. The van der Waals surface area contributed by atoms with Crippen molar-refractivity contribution in [2.24, 2.45) is 5.41 Å². The third-order valence-electron chi connectivity index (χ3n) is 4.97. The Labute approximate surface area is 134 Å². The van der Waals surface area contributed by atoms with Gasteiger partial charge in [0.25, 0.3) is 5.91 Å². The average molecular weight is 322 g/mol. The van der Waals surface area contributed by atoms with Gasteiger partial charge in [0, 0.05) is 29.0 Å². The maximum Gasteiger partial charge on any atom is 0.252 e. The highest BCUT2D eigenvalue weighted by Crippen LogP contribution is 2.57. The van der Waals surface area contributed by atoms with E-state index in [1.165, 1.54) is 17.8 Å². The molecule has 1 aromatic heterocycles. The third-order valence-corrected chi connectivity index (χ3v) is 5.65. The van der Waals surface area contributed by atoms with Crippen LogP contribution in [0.3, 0.4) is 0 Å². The first-order valence-corrected chi connectivity index (χ1v) is 8.81. The minimum Gasteiger partial charge on any atom is -0.378 e. The molecule has 2 amide bonds. The summed E-state index contributed by atoms with van der Waals surface area (Å²) in [4.78, 5) is 23.9. The summed E-state index contributed by atoms with van der Waals surface area (Å²) in [5.74, 6) is -0.314. The molecule has 22 heavy (non-hydrogen) atoms. The van der Waals surface area contributed by atoms with E-state index in [-0.39, 0.29) is 35.9 Å². The van der Waals surface area contributed by atoms with Crippen molar-refractivity contribution < 1.29 is 14.3 Å². The summed E-state index contributed by atoms with van der Waals surface area (Å²) < 4.78 is 5.77. The smallest absolute Gasteiger partial charge is 0.252 e. The Hall–Kier alpha value is -1.40. The second kappa shape index (κ2) is 6.38. The predicted molar refractivity (Wildman–Crippen MR) is 84.9 cm³/mol. The summed E-state index contributed by atoms with van der Waals surface area (Å²) >= 11 is 1.47. The molecule has 120 valence electrons. The van der Waals surface area contributed by atoms with Gasteiger partial charge in [-0.1, -0.05) is 6.42 Å². The molecule has 2 N–H and O–H groups in total. The number of amides is 2. The maximum absolute atomic E-state index is 12.0. The van der Waals surface area contributed by atoms with Crippen LogP contribution in [-0.2, 0) is 9.53 Å². The van der Waals surface area contributed by atoms with Crippen molar-refractivity contribution in [3.05, 3.63) is 22.4 Å². The first-order chi connectivity index (χ1) is 10.7. The van der Waals surface area contributed by atoms with Crippen LogP contribution in [0.4, 0.5) is 0 Å². The maximum atomic E-state index is 12.0.